The van der Waals surface area contributed by atoms with Crippen LogP contribution >= 0.6 is 45.3 Å². The summed E-state index contributed by atoms with van der Waals surface area (Å²) in [5.74, 6) is 0. The summed E-state index contributed by atoms with van der Waals surface area (Å²) in [6, 6.07) is 48.3. The van der Waals surface area contributed by atoms with Crippen LogP contribution in [-0.2, 0) is 0 Å². The van der Waals surface area contributed by atoms with Crippen LogP contribution < -0.4 is 47.2 Å². The Bertz CT molecular complexity index is 6690. The van der Waals surface area contributed by atoms with Gasteiger partial charge in [-0.25, -0.2) is 39.9 Å². The summed E-state index contributed by atoms with van der Waals surface area (Å²) in [5.41, 5.74) is 16.9. The fourth-order valence-electron chi connectivity index (χ4n) is 16.6. The number of nitrogens with zero attached hydrogens (tertiary/aromatic N) is 19. The zero-order valence-corrected chi connectivity index (χ0v) is 69.4. The lowest BCUT2D eigenvalue weighted by atomic mass is 10.1. The number of anilines is 4. The molecule has 0 radical (unpaired) electrons. The maximum atomic E-state index is 12.9. The number of thiazole rings is 4. The van der Waals surface area contributed by atoms with Crippen LogP contribution in [0, 0.1) is 27.7 Å². The average molecular weight is 1620 g/mol. The average Bonchev–Trinajstić information content (AvgIpc) is 1.23. The lowest BCUT2D eigenvalue weighted by molar-refractivity contribution is 0.231. The van der Waals surface area contributed by atoms with Crippen LogP contribution in [0.4, 0.5) is 22.7 Å². The van der Waals surface area contributed by atoms with Crippen molar-refractivity contribution in [2.45, 2.75) is 78.9 Å². The highest BCUT2D eigenvalue weighted by Crippen LogP contribution is 2.34. The van der Waals surface area contributed by atoms with Crippen LogP contribution in [-0.4, -0.2) is 196 Å². The first kappa shape index (κ1) is 76.2. The summed E-state index contributed by atoms with van der Waals surface area (Å²) < 4.78 is 11.2. The van der Waals surface area contributed by atoms with Gasteiger partial charge < -0.3 is 34.7 Å². The molecule has 5 saturated heterocycles. The Morgan fingerprint density at radius 1 is 0.328 bits per heavy atom. The predicted octanol–water partition coefficient (Wildman–Crippen LogP) is 13.5. The van der Waals surface area contributed by atoms with Crippen molar-refractivity contribution in [3.05, 3.63) is 232 Å². The Labute approximate surface area is 685 Å². The molecule has 0 saturated carbocycles. The van der Waals surface area contributed by atoms with E-state index in [0.717, 1.165) is 197 Å². The molecule has 4 aromatic carbocycles. The van der Waals surface area contributed by atoms with Gasteiger partial charge in [0.2, 0.25) is 0 Å². The topological polar surface area (TPSA) is 224 Å². The minimum atomic E-state index is -0.0716. The molecule has 16 aromatic rings. The molecule has 1 N–H and O–H groups in total. The zero-order valence-electron chi connectivity index (χ0n) is 66.2. The highest BCUT2D eigenvalue weighted by Gasteiger charge is 2.31. The first-order chi connectivity index (χ1) is 56.2. The summed E-state index contributed by atoms with van der Waals surface area (Å²) in [6.45, 7) is 26.7. The van der Waals surface area contributed by atoms with E-state index < -0.39 is 0 Å². The van der Waals surface area contributed by atoms with Gasteiger partial charge in [-0.3, -0.25) is 41.7 Å². The number of fused-ring (bicyclic) bond motifs is 9. The van der Waals surface area contributed by atoms with Crippen LogP contribution in [0.5, 0.6) is 0 Å². The molecule has 5 aliphatic heterocycles. The minimum Gasteiger partial charge on any atom is -0.369 e. The monoisotopic (exact) mass is 1620 g/mol. The molecule has 0 spiro atoms. The number of piperazine rings is 3. The first-order valence-electron chi connectivity index (χ1n) is 39.7. The van der Waals surface area contributed by atoms with Crippen molar-refractivity contribution in [3.8, 4) is 45.0 Å². The molecule has 0 unspecified atom stereocenters. The minimum absolute atomic E-state index is 0.0501. The molecule has 28 heteroatoms. The van der Waals surface area contributed by atoms with Gasteiger partial charge in [-0.2, -0.15) is 0 Å². The molecule has 0 bridgehead atoms. The molecule has 12 aromatic heterocycles. The van der Waals surface area contributed by atoms with Gasteiger partial charge in [0, 0.05) is 168 Å². The van der Waals surface area contributed by atoms with E-state index in [1.807, 2.05) is 125 Å². The highest BCUT2D eigenvalue weighted by atomic mass is 32.1. The van der Waals surface area contributed by atoms with Crippen molar-refractivity contribution in [3.63, 3.8) is 0 Å². The van der Waals surface area contributed by atoms with Crippen molar-refractivity contribution < 1.29 is 0 Å². The van der Waals surface area contributed by atoms with E-state index in [4.69, 9.17) is 19.9 Å². The third-order valence-electron chi connectivity index (χ3n) is 22.6. The fraction of sp³-hybridized carbons (Fsp3) is 0.318. The standard InChI is InChI=1S/C23H23N5OS.2C22H23N5OS.C21H21N5OS/c1-15-24-20-11-16(4-6-21(20)30-15)19-12-23(29)28-14-18(5-7-22(28)25-19)27-10-9-26-8-2-3-17(26)13-27;1-13-10-26(11-14(2)23-13)17-5-7-21-25-18(9-22(28)27(21)12-17)16-4-6-20-19(8-16)24-15(3)29-20;1-15-23-19-12-16(4-6-20(19)29-15)18-13-22(28)27-14-17(5-7-21(27)24-18)26-9-3-8-25(2)10-11-26;1-14-22-18-11-15(3-5-19(18)28-14)17-12-21(27)26-13-16(4-6-20(26)23-17)25-9-7-24(2)8-10-25/h4-7,11-12,14,17H,2-3,8-10,13H2,1H3;4-9,12-14,23H,10-11H2,1-3H3;4-7,12-14H,3,8-11H2,1-2H3;3-6,11-13H,7-10H2,1-2H3/t17-;13-,14+;;/m0.../s1. The van der Waals surface area contributed by atoms with Crippen molar-refractivity contribution in [1.82, 2.24) is 77.5 Å². The van der Waals surface area contributed by atoms with E-state index in [0.29, 0.717) is 63.5 Å². The van der Waals surface area contributed by atoms with Crippen LogP contribution in [0.3, 0.4) is 0 Å². The second kappa shape index (κ2) is 32.2. The number of aryl methyl sites for hydroxylation is 4. The van der Waals surface area contributed by atoms with Gasteiger partial charge >= 0.3 is 0 Å². The number of benzene rings is 4. The molecule has 5 aliphatic rings. The van der Waals surface area contributed by atoms with Crippen molar-refractivity contribution >= 4 is 132 Å². The summed E-state index contributed by atoms with van der Waals surface area (Å²) >= 11 is 6.69. The Morgan fingerprint density at radius 2 is 0.655 bits per heavy atom. The van der Waals surface area contributed by atoms with Crippen molar-refractivity contribution in [2.24, 2.45) is 0 Å². The number of hydrogen-bond donors (Lipinski definition) is 1. The van der Waals surface area contributed by atoms with E-state index in [2.05, 4.69) is 136 Å². The Kier molecular flexibility index (Phi) is 21.2. The quantitative estimate of drug-likeness (QED) is 0.149. The molecule has 116 heavy (non-hydrogen) atoms. The van der Waals surface area contributed by atoms with Crippen molar-refractivity contribution in [1.29, 1.82) is 0 Å². The van der Waals surface area contributed by atoms with Crippen LogP contribution in [0.2, 0.25) is 0 Å². The van der Waals surface area contributed by atoms with Crippen LogP contribution in [0.1, 0.15) is 53.1 Å². The molecule has 590 valence electrons. The second-order valence-electron chi connectivity index (χ2n) is 31.1. The lowest BCUT2D eigenvalue weighted by Crippen LogP contribution is -2.54. The summed E-state index contributed by atoms with van der Waals surface area (Å²) in [4.78, 5) is 105. The Balaban J connectivity index is 0.000000107. The molecular weight excluding hydrogens is 1530 g/mol. The smallest absolute Gasteiger partial charge is 0.258 e. The summed E-state index contributed by atoms with van der Waals surface area (Å²) in [5, 5.41) is 7.69. The Morgan fingerprint density at radius 3 is 1.03 bits per heavy atom. The summed E-state index contributed by atoms with van der Waals surface area (Å²) in [7, 11) is 4.29. The number of aromatic nitrogens is 12. The van der Waals surface area contributed by atoms with Crippen LogP contribution in [0.25, 0.3) is 108 Å². The third-order valence-corrected chi connectivity index (χ3v) is 26.4. The van der Waals surface area contributed by atoms with E-state index in [1.54, 1.807) is 87.2 Å². The normalized spacial score (nSPS) is 17.8. The fourth-order valence-corrected chi connectivity index (χ4v) is 19.9. The van der Waals surface area contributed by atoms with Gasteiger partial charge in [0.05, 0.1) is 106 Å². The molecule has 0 aliphatic carbocycles. The van der Waals surface area contributed by atoms with E-state index in [-0.39, 0.29) is 22.2 Å². The number of likely N-dealkylation sites (N-methyl/N-ethyl adjacent to an activating group) is 2. The number of nitrogens with one attached hydrogen (secondary N) is 1. The zero-order chi connectivity index (χ0) is 79.6. The molecule has 3 atom stereocenters. The highest BCUT2D eigenvalue weighted by molar-refractivity contribution is 7.19. The number of pyridine rings is 4. The molecule has 5 fully saturated rings. The Hall–Kier alpha value is -11.1. The molecule has 21 rings (SSSR count). The molecule has 17 heterocycles. The number of hydrogen-bond acceptors (Lipinski definition) is 24. The van der Waals surface area contributed by atoms with Crippen LogP contribution in [0.15, 0.2) is 190 Å². The van der Waals surface area contributed by atoms with Gasteiger partial charge in [-0.05, 0) is 185 Å². The van der Waals surface area contributed by atoms with Gasteiger partial charge in [0.1, 0.15) is 22.6 Å². The predicted molar refractivity (Wildman–Crippen MR) is 474 cm³/mol. The van der Waals surface area contributed by atoms with Gasteiger partial charge in [0.25, 0.3) is 22.2 Å². The number of rotatable bonds is 8. The third kappa shape index (κ3) is 16.2. The van der Waals surface area contributed by atoms with E-state index >= 15 is 0 Å². The molecular formula is C88H90N20O4S4. The second-order valence-corrected chi connectivity index (χ2v) is 36.1. The lowest BCUT2D eigenvalue weighted by Gasteiger charge is -2.38. The maximum Gasteiger partial charge on any atom is 0.258 e. The van der Waals surface area contributed by atoms with E-state index in [9.17, 15) is 19.2 Å². The van der Waals surface area contributed by atoms with Crippen molar-refractivity contribution in [2.75, 3.05) is 125 Å². The summed E-state index contributed by atoms with van der Waals surface area (Å²) in [6.07, 6.45) is 11.4. The van der Waals surface area contributed by atoms with E-state index in [1.165, 1.54) is 19.4 Å². The van der Waals surface area contributed by atoms with Gasteiger partial charge in [0.15, 0.2) is 0 Å². The SMILES string of the molecule is Cc1nc2cc(-c3cc(=O)n4cc(N5CCCN(C)CC5)ccc4n3)ccc2s1.Cc1nc2cc(-c3cc(=O)n4cc(N5CCN(C)CC5)ccc4n3)ccc2s1.Cc1nc2cc(-c3cc(=O)n4cc(N5CCN6CCC[C@H]6C5)ccc4n3)ccc2s1.Cc1nc2cc(-c3cc(=O)n4cc(N5C[C@@H](C)N[C@@H](C)C5)ccc4n3)ccc2s1. The maximum absolute atomic E-state index is 12.9. The largest absolute Gasteiger partial charge is 0.369 e. The first-order valence-corrected chi connectivity index (χ1v) is 43.0. The van der Waals surface area contributed by atoms with Gasteiger partial charge in [-0.15, -0.1) is 45.3 Å². The van der Waals surface area contributed by atoms with Gasteiger partial charge in [-0.1, -0.05) is 24.3 Å². The molecule has 24 nitrogen and oxygen atoms in total. The molecule has 0 amide bonds.